The van der Waals surface area contributed by atoms with Crippen LogP contribution in [0.25, 0.3) is 0 Å². The predicted molar refractivity (Wildman–Crippen MR) is 88.7 cm³/mol. The highest BCUT2D eigenvalue weighted by Crippen LogP contribution is 2.48. The number of hydrogen-bond acceptors (Lipinski definition) is 4. The number of nitrogens with zero attached hydrogens (tertiary/aromatic N) is 2. The van der Waals surface area contributed by atoms with Gasteiger partial charge >= 0.3 is 0 Å². The number of rotatable bonds is 2. The first-order valence-corrected chi connectivity index (χ1v) is 9.77. The Kier molecular flexibility index (Phi) is 3.49. The molecule has 3 aliphatic heterocycles. The summed E-state index contributed by atoms with van der Waals surface area (Å²) in [7, 11) is 0. The second kappa shape index (κ2) is 5.27. The van der Waals surface area contributed by atoms with Crippen LogP contribution in [-0.4, -0.2) is 44.8 Å². The van der Waals surface area contributed by atoms with E-state index >= 15 is 0 Å². The molecule has 22 heavy (non-hydrogen) atoms. The molecule has 4 nitrogen and oxygen atoms in total. The molecule has 0 saturated carbocycles. The monoisotopic (exact) mass is 336 g/mol. The van der Waals surface area contributed by atoms with Crippen molar-refractivity contribution in [2.24, 2.45) is 0 Å². The Bertz CT molecular complexity index is 603. The second-order valence-corrected chi connectivity index (χ2v) is 8.95. The molecule has 3 aliphatic rings. The SMILES string of the molecule is C[C@]12CCC(=O)N1[C@@H](C(=O)N1CCC[C@H]1c1cccs1)CS2. The molecule has 2 amide bonds. The summed E-state index contributed by atoms with van der Waals surface area (Å²) in [6.07, 6.45) is 3.55. The number of fused-ring (bicyclic) bond motifs is 1. The third-order valence-corrected chi connectivity index (χ3v) is 7.62. The van der Waals surface area contributed by atoms with Crippen LogP contribution in [0.3, 0.4) is 0 Å². The number of thiophene rings is 1. The highest BCUT2D eigenvalue weighted by molar-refractivity contribution is 8.01. The summed E-state index contributed by atoms with van der Waals surface area (Å²) in [6, 6.07) is 4.12. The Morgan fingerprint density at radius 1 is 1.45 bits per heavy atom. The maximum atomic E-state index is 13.1. The molecule has 0 aromatic carbocycles. The molecule has 1 aromatic heterocycles. The van der Waals surface area contributed by atoms with Crippen LogP contribution < -0.4 is 0 Å². The number of carbonyl (C=O) groups excluding carboxylic acids is 2. The number of amides is 2. The average Bonchev–Trinajstić information content (AvgIpc) is 3.23. The molecule has 118 valence electrons. The van der Waals surface area contributed by atoms with Gasteiger partial charge in [0.25, 0.3) is 0 Å². The minimum atomic E-state index is -0.259. The van der Waals surface area contributed by atoms with E-state index in [4.69, 9.17) is 0 Å². The number of thioether (sulfide) groups is 1. The zero-order valence-corrected chi connectivity index (χ0v) is 14.3. The summed E-state index contributed by atoms with van der Waals surface area (Å²) in [5.41, 5.74) is 0. The summed E-state index contributed by atoms with van der Waals surface area (Å²) >= 11 is 3.50. The normalized spacial score (nSPS) is 34.5. The van der Waals surface area contributed by atoms with Crippen molar-refractivity contribution in [1.82, 2.24) is 9.80 Å². The van der Waals surface area contributed by atoms with Gasteiger partial charge in [-0.25, -0.2) is 0 Å². The van der Waals surface area contributed by atoms with Crippen molar-refractivity contribution in [2.75, 3.05) is 12.3 Å². The molecule has 0 aliphatic carbocycles. The van der Waals surface area contributed by atoms with Gasteiger partial charge in [0, 0.05) is 23.6 Å². The highest BCUT2D eigenvalue weighted by atomic mass is 32.2. The molecule has 3 fully saturated rings. The fourth-order valence-electron chi connectivity index (χ4n) is 4.00. The van der Waals surface area contributed by atoms with E-state index in [1.165, 1.54) is 4.88 Å². The third kappa shape index (κ3) is 2.11. The lowest BCUT2D eigenvalue weighted by Crippen LogP contribution is -2.51. The van der Waals surface area contributed by atoms with Crippen LogP contribution in [-0.2, 0) is 9.59 Å². The number of carbonyl (C=O) groups is 2. The fraction of sp³-hybridized carbons (Fsp3) is 0.625. The first-order valence-electron chi connectivity index (χ1n) is 7.90. The van der Waals surface area contributed by atoms with E-state index in [0.717, 1.165) is 31.6 Å². The van der Waals surface area contributed by atoms with Gasteiger partial charge in [-0.15, -0.1) is 23.1 Å². The van der Waals surface area contributed by atoms with Gasteiger partial charge in [-0.05, 0) is 37.6 Å². The van der Waals surface area contributed by atoms with Crippen molar-refractivity contribution in [1.29, 1.82) is 0 Å². The smallest absolute Gasteiger partial charge is 0.246 e. The van der Waals surface area contributed by atoms with Crippen LogP contribution in [0.5, 0.6) is 0 Å². The van der Waals surface area contributed by atoms with Gasteiger partial charge in [-0.3, -0.25) is 9.59 Å². The summed E-state index contributed by atoms with van der Waals surface area (Å²) in [5, 5.41) is 2.07. The van der Waals surface area contributed by atoms with Crippen LogP contribution in [0.1, 0.15) is 43.5 Å². The van der Waals surface area contributed by atoms with Crippen LogP contribution in [0.4, 0.5) is 0 Å². The van der Waals surface area contributed by atoms with E-state index in [-0.39, 0.29) is 28.8 Å². The molecule has 3 saturated heterocycles. The minimum absolute atomic E-state index is 0.151. The molecular weight excluding hydrogens is 316 g/mol. The van der Waals surface area contributed by atoms with Crippen LogP contribution >= 0.6 is 23.1 Å². The van der Waals surface area contributed by atoms with Gasteiger partial charge in [-0.1, -0.05) is 6.07 Å². The molecule has 3 atom stereocenters. The molecule has 0 unspecified atom stereocenters. The van der Waals surface area contributed by atoms with Crippen molar-refractivity contribution < 1.29 is 9.59 Å². The summed E-state index contributed by atoms with van der Waals surface area (Å²) in [4.78, 5) is 30.4. The van der Waals surface area contributed by atoms with Crippen LogP contribution in [0.2, 0.25) is 0 Å². The Morgan fingerprint density at radius 2 is 2.32 bits per heavy atom. The highest BCUT2D eigenvalue weighted by Gasteiger charge is 2.54. The summed E-state index contributed by atoms with van der Waals surface area (Å²) in [5.74, 6) is 1.05. The maximum absolute atomic E-state index is 13.1. The quantitative estimate of drug-likeness (QED) is 0.834. The van der Waals surface area contributed by atoms with E-state index in [1.54, 1.807) is 23.1 Å². The van der Waals surface area contributed by atoms with Gasteiger partial charge in [-0.2, -0.15) is 0 Å². The molecular formula is C16H20N2O2S2. The van der Waals surface area contributed by atoms with Gasteiger partial charge in [0.05, 0.1) is 10.9 Å². The van der Waals surface area contributed by atoms with Gasteiger partial charge < -0.3 is 9.80 Å². The van der Waals surface area contributed by atoms with Gasteiger partial charge in [0.15, 0.2) is 0 Å². The molecule has 4 rings (SSSR count). The summed E-state index contributed by atoms with van der Waals surface area (Å²) < 4.78 is 0. The lowest BCUT2D eigenvalue weighted by molar-refractivity contribution is -0.144. The first-order chi connectivity index (χ1) is 10.6. The Hall–Kier alpha value is -1.01. The zero-order valence-electron chi connectivity index (χ0n) is 12.7. The lowest BCUT2D eigenvalue weighted by Gasteiger charge is -2.33. The van der Waals surface area contributed by atoms with Crippen molar-refractivity contribution in [3.8, 4) is 0 Å². The molecule has 0 radical (unpaired) electrons. The Morgan fingerprint density at radius 3 is 3.09 bits per heavy atom. The van der Waals surface area contributed by atoms with Crippen LogP contribution in [0, 0.1) is 0 Å². The second-order valence-electron chi connectivity index (χ2n) is 6.47. The molecule has 0 spiro atoms. The van der Waals surface area contributed by atoms with Crippen molar-refractivity contribution in [3.63, 3.8) is 0 Å². The lowest BCUT2D eigenvalue weighted by atomic mass is 10.1. The topological polar surface area (TPSA) is 40.6 Å². The zero-order chi connectivity index (χ0) is 15.3. The first kappa shape index (κ1) is 14.6. The van der Waals surface area contributed by atoms with E-state index in [9.17, 15) is 9.59 Å². The van der Waals surface area contributed by atoms with Gasteiger partial charge in [0.1, 0.15) is 6.04 Å². The standard InChI is InChI=1S/C16H20N2O2S2/c1-16-7-6-14(19)18(16)12(10-22-16)15(20)17-8-2-4-11(17)13-5-3-9-21-13/h3,5,9,11-12H,2,4,6-8,10H2,1H3/t11-,12+,16-/m0/s1. The Labute approximate surface area is 138 Å². The van der Waals surface area contributed by atoms with E-state index in [0.29, 0.717) is 6.42 Å². The molecule has 4 heterocycles. The van der Waals surface area contributed by atoms with E-state index in [2.05, 4.69) is 18.4 Å². The molecule has 0 N–H and O–H groups in total. The molecule has 0 bridgehead atoms. The van der Waals surface area contributed by atoms with E-state index in [1.807, 2.05) is 15.9 Å². The minimum Gasteiger partial charge on any atom is -0.333 e. The predicted octanol–water partition coefficient (Wildman–Crippen LogP) is 2.87. The number of hydrogen-bond donors (Lipinski definition) is 0. The van der Waals surface area contributed by atoms with Gasteiger partial charge in [0.2, 0.25) is 11.8 Å². The van der Waals surface area contributed by atoms with E-state index < -0.39 is 0 Å². The van der Waals surface area contributed by atoms with Crippen molar-refractivity contribution in [3.05, 3.63) is 22.4 Å². The third-order valence-electron chi connectivity index (χ3n) is 5.14. The Balaban J connectivity index is 1.58. The average molecular weight is 336 g/mol. The molecule has 6 heteroatoms. The maximum Gasteiger partial charge on any atom is 0.246 e. The molecule has 1 aromatic rings. The van der Waals surface area contributed by atoms with Crippen molar-refractivity contribution >= 4 is 34.9 Å². The largest absolute Gasteiger partial charge is 0.333 e. The summed E-state index contributed by atoms with van der Waals surface area (Å²) in [6.45, 7) is 2.93. The fourth-order valence-corrected chi connectivity index (χ4v) is 6.30. The van der Waals surface area contributed by atoms with Crippen LogP contribution in [0.15, 0.2) is 17.5 Å². The van der Waals surface area contributed by atoms with Crippen molar-refractivity contribution in [2.45, 2.75) is 49.6 Å². The number of likely N-dealkylation sites (tertiary alicyclic amines) is 1.